The maximum atomic E-state index is 5.52. The van der Waals surface area contributed by atoms with Gasteiger partial charge >= 0.3 is 0 Å². The van der Waals surface area contributed by atoms with Crippen LogP contribution in [-0.2, 0) is 6.54 Å². The summed E-state index contributed by atoms with van der Waals surface area (Å²) in [7, 11) is 0. The predicted molar refractivity (Wildman–Crippen MR) is 90.5 cm³/mol. The van der Waals surface area contributed by atoms with Gasteiger partial charge < -0.3 is 9.84 Å². The van der Waals surface area contributed by atoms with Crippen molar-refractivity contribution in [2.75, 3.05) is 6.54 Å². The van der Waals surface area contributed by atoms with Gasteiger partial charge in [-0.2, -0.15) is 10.1 Å². The Kier molecular flexibility index (Phi) is 4.13. The molecule has 0 spiro atoms. The molecule has 1 aliphatic heterocycles. The summed E-state index contributed by atoms with van der Waals surface area (Å²) in [5.41, 5.74) is 2.18. The summed E-state index contributed by atoms with van der Waals surface area (Å²) >= 11 is 0. The number of hydrogen-bond acceptors (Lipinski definition) is 5. The second-order valence-electron chi connectivity index (χ2n) is 6.43. The average molecular weight is 323 g/mol. The number of nitrogens with zero attached hydrogens (tertiary/aromatic N) is 4. The van der Waals surface area contributed by atoms with Crippen molar-refractivity contribution in [3.63, 3.8) is 0 Å². The number of nitrogens with one attached hydrogen (secondary N) is 1. The molecular formula is C18H21N5O. The largest absolute Gasteiger partial charge is 0.339 e. The van der Waals surface area contributed by atoms with Gasteiger partial charge in [0, 0.05) is 29.9 Å². The highest BCUT2D eigenvalue weighted by molar-refractivity contribution is 5.54. The van der Waals surface area contributed by atoms with Crippen LogP contribution in [-0.4, -0.2) is 32.5 Å². The summed E-state index contributed by atoms with van der Waals surface area (Å²) in [5, 5.41) is 11.8. The summed E-state index contributed by atoms with van der Waals surface area (Å²) in [6.45, 7) is 3.96. The van der Waals surface area contributed by atoms with Gasteiger partial charge in [-0.15, -0.1) is 0 Å². The zero-order valence-corrected chi connectivity index (χ0v) is 13.7. The Morgan fingerprint density at radius 1 is 1.29 bits per heavy atom. The van der Waals surface area contributed by atoms with Crippen LogP contribution in [0.5, 0.6) is 0 Å². The fourth-order valence-corrected chi connectivity index (χ4v) is 3.21. The topological polar surface area (TPSA) is 68.8 Å². The molecule has 0 saturated carbocycles. The minimum absolute atomic E-state index is 0.363. The van der Waals surface area contributed by atoms with Crippen molar-refractivity contribution in [1.29, 1.82) is 0 Å². The Morgan fingerprint density at radius 3 is 2.92 bits per heavy atom. The molecule has 4 rings (SSSR count). The molecule has 3 aromatic rings. The van der Waals surface area contributed by atoms with Crippen molar-refractivity contribution in [2.24, 2.45) is 0 Å². The van der Waals surface area contributed by atoms with E-state index in [4.69, 9.17) is 4.52 Å². The van der Waals surface area contributed by atoms with E-state index in [1.54, 1.807) is 6.20 Å². The Bertz CT molecular complexity index is 778. The zero-order valence-electron chi connectivity index (χ0n) is 13.7. The summed E-state index contributed by atoms with van der Waals surface area (Å²) in [6, 6.07) is 10.7. The first-order valence-corrected chi connectivity index (χ1v) is 8.41. The maximum Gasteiger partial charge on any atom is 0.230 e. The van der Waals surface area contributed by atoms with Gasteiger partial charge in [0.15, 0.2) is 0 Å². The second kappa shape index (κ2) is 6.57. The normalized spacial score (nSPS) is 21.0. The van der Waals surface area contributed by atoms with Crippen molar-refractivity contribution >= 4 is 0 Å². The molecule has 0 radical (unpaired) electrons. The van der Waals surface area contributed by atoms with Crippen LogP contribution in [0.25, 0.3) is 11.4 Å². The molecule has 2 atom stereocenters. The van der Waals surface area contributed by atoms with Crippen molar-refractivity contribution < 1.29 is 4.52 Å². The SMILES string of the molecule is C[C@@H]1C[C@H](c2nc(-c3ccc(Cn4cccn4)cc3)no2)CCN1. The summed E-state index contributed by atoms with van der Waals surface area (Å²) in [4.78, 5) is 4.62. The highest BCUT2D eigenvalue weighted by Gasteiger charge is 2.25. The lowest BCUT2D eigenvalue weighted by Gasteiger charge is -2.25. The average Bonchev–Trinajstić information content (AvgIpc) is 3.27. The van der Waals surface area contributed by atoms with Crippen molar-refractivity contribution in [3.05, 3.63) is 54.2 Å². The molecule has 0 unspecified atom stereocenters. The Morgan fingerprint density at radius 2 is 2.17 bits per heavy atom. The van der Waals surface area contributed by atoms with Crippen LogP contribution in [0.4, 0.5) is 0 Å². The van der Waals surface area contributed by atoms with Gasteiger partial charge in [-0.1, -0.05) is 29.4 Å². The molecule has 6 nitrogen and oxygen atoms in total. The molecule has 124 valence electrons. The van der Waals surface area contributed by atoms with Crippen molar-refractivity contribution in [3.8, 4) is 11.4 Å². The molecule has 3 heterocycles. The van der Waals surface area contributed by atoms with E-state index in [1.807, 2.05) is 29.1 Å². The molecule has 1 aliphatic rings. The lowest BCUT2D eigenvalue weighted by molar-refractivity contribution is 0.295. The first-order valence-electron chi connectivity index (χ1n) is 8.41. The Labute approximate surface area is 140 Å². The second-order valence-corrected chi connectivity index (χ2v) is 6.43. The molecule has 1 fully saturated rings. The van der Waals surface area contributed by atoms with Crippen molar-refractivity contribution in [2.45, 2.75) is 38.3 Å². The molecule has 0 amide bonds. The van der Waals surface area contributed by atoms with Crippen molar-refractivity contribution in [1.82, 2.24) is 25.2 Å². The first kappa shape index (κ1) is 15.1. The molecule has 0 aliphatic carbocycles. The van der Waals surface area contributed by atoms with Crippen LogP contribution in [0.15, 0.2) is 47.2 Å². The van der Waals surface area contributed by atoms with Gasteiger partial charge in [-0.05, 0) is 37.9 Å². The van der Waals surface area contributed by atoms with Gasteiger partial charge in [0.1, 0.15) is 0 Å². The highest BCUT2D eigenvalue weighted by Crippen LogP contribution is 2.28. The fourth-order valence-electron chi connectivity index (χ4n) is 3.21. The van der Waals surface area contributed by atoms with Crippen LogP contribution in [0.3, 0.4) is 0 Å². The molecule has 24 heavy (non-hydrogen) atoms. The molecule has 1 aromatic carbocycles. The first-order chi connectivity index (χ1) is 11.8. The number of benzene rings is 1. The number of hydrogen-bond donors (Lipinski definition) is 1. The smallest absolute Gasteiger partial charge is 0.230 e. The number of rotatable bonds is 4. The number of aromatic nitrogens is 4. The summed E-state index contributed by atoms with van der Waals surface area (Å²) in [5.74, 6) is 1.79. The van der Waals surface area contributed by atoms with E-state index < -0.39 is 0 Å². The van der Waals surface area contributed by atoms with E-state index >= 15 is 0 Å². The van der Waals surface area contributed by atoms with Crippen LogP contribution in [0.2, 0.25) is 0 Å². The maximum absolute atomic E-state index is 5.52. The quantitative estimate of drug-likeness (QED) is 0.799. The lowest BCUT2D eigenvalue weighted by Crippen LogP contribution is -2.34. The third-order valence-corrected chi connectivity index (χ3v) is 4.53. The monoisotopic (exact) mass is 323 g/mol. The minimum Gasteiger partial charge on any atom is -0.339 e. The van der Waals surface area contributed by atoms with E-state index in [-0.39, 0.29) is 0 Å². The third kappa shape index (κ3) is 3.23. The summed E-state index contributed by atoms with van der Waals surface area (Å²) < 4.78 is 7.42. The van der Waals surface area contributed by atoms with E-state index in [2.05, 4.69) is 39.6 Å². The minimum atomic E-state index is 0.363. The summed E-state index contributed by atoms with van der Waals surface area (Å²) in [6.07, 6.45) is 5.84. The Hall–Kier alpha value is -2.47. The van der Waals surface area contributed by atoms with Crippen LogP contribution < -0.4 is 5.32 Å². The lowest BCUT2D eigenvalue weighted by atomic mass is 9.93. The Balaban J connectivity index is 1.48. The number of piperidine rings is 1. The van der Waals surface area contributed by atoms with Gasteiger partial charge in [-0.3, -0.25) is 4.68 Å². The van der Waals surface area contributed by atoms with E-state index in [1.165, 1.54) is 5.56 Å². The van der Waals surface area contributed by atoms with Gasteiger partial charge in [-0.25, -0.2) is 0 Å². The molecule has 6 heteroatoms. The van der Waals surface area contributed by atoms with Gasteiger partial charge in [0.05, 0.1) is 6.54 Å². The molecule has 2 aromatic heterocycles. The van der Waals surface area contributed by atoms with Crippen LogP contribution in [0, 0.1) is 0 Å². The molecule has 1 saturated heterocycles. The predicted octanol–water partition coefficient (Wildman–Crippen LogP) is 2.84. The standard InChI is InChI=1S/C18H21N5O/c1-13-11-16(7-9-19-13)18-21-17(22-24-18)15-5-3-14(4-6-15)12-23-10-2-8-20-23/h2-6,8,10,13,16,19H,7,9,11-12H2,1H3/t13-,16-/m1/s1. The van der Waals surface area contributed by atoms with E-state index in [0.29, 0.717) is 17.8 Å². The van der Waals surface area contributed by atoms with E-state index in [9.17, 15) is 0 Å². The van der Waals surface area contributed by atoms with Gasteiger partial charge in [0.2, 0.25) is 11.7 Å². The van der Waals surface area contributed by atoms with Gasteiger partial charge in [0.25, 0.3) is 0 Å². The highest BCUT2D eigenvalue weighted by atomic mass is 16.5. The zero-order chi connectivity index (χ0) is 16.4. The van der Waals surface area contributed by atoms with E-state index in [0.717, 1.165) is 37.4 Å². The third-order valence-electron chi connectivity index (χ3n) is 4.53. The van der Waals surface area contributed by atoms with Crippen LogP contribution in [0.1, 0.15) is 37.1 Å². The van der Waals surface area contributed by atoms with Crippen LogP contribution >= 0.6 is 0 Å². The fraction of sp³-hybridized carbons (Fsp3) is 0.389. The molecule has 1 N–H and O–H groups in total. The molecule has 0 bridgehead atoms. The molecular weight excluding hydrogens is 302 g/mol.